The van der Waals surface area contributed by atoms with Gasteiger partial charge in [0.25, 0.3) is 0 Å². The van der Waals surface area contributed by atoms with E-state index in [4.69, 9.17) is 14.6 Å². The van der Waals surface area contributed by atoms with E-state index in [9.17, 15) is 10.2 Å². The van der Waals surface area contributed by atoms with Crippen LogP contribution < -0.4 is 9.47 Å². The van der Waals surface area contributed by atoms with Gasteiger partial charge < -0.3 is 24.8 Å². The molecule has 0 spiro atoms. The standard InChI is InChI=1S/C22H30O5/c1-4-18(24)14-26-20-9-5-16(6-10-20)22(2,3)17-7-11-21(12-8-17)27-15-19(25)13-23/h5-12,18-19,23-25H,4,13-15H2,1-3H3. The zero-order valence-corrected chi connectivity index (χ0v) is 16.3. The SMILES string of the molecule is CCC(O)COc1ccc(C(C)(C)c2ccc(OCC(O)CO)cc2)cc1. The number of benzene rings is 2. The molecule has 0 aliphatic rings. The first-order valence-electron chi connectivity index (χ1n) is 9.30. The summed E-state index contributed by atoms with van der Waals surface area (Å²) in [7, 11) is 0. The minimum absolute atomic E-state index is 0.0629. The van der Waals surface area contributed by atoms with Gasteiger partial charge in [-0.1, -0.05) is 45.0 Å². The van der Waals surface area contributed by atoms with Crippen molar-refractivity contribution < 1.29 is 24.8 Å². The van der Waals surface area contributed by atoms with Gasteiger partial charge in [0.2, 0.25) is 0 Å². The van der Waals surface area contributed by atoms with Crippen molar-refractivity contribution >= 4 is 0 Å². The van der Waals surface area contributed by atoms with Crippen molar-refractivity contribution in [2.45, 2.75) is 44.8 Å². The van der Waals surface area contributed by atoms with E-state index in [1.54, 1.807) is 0 Å². The first-order chi connectivity index (χ1) is 12.9. The summed E-state index contributed by atoms with van der Waals surface area (Å²) in [6.07, 6.45) is -0.648. The fourth-order valence-electron chi connectivity index (χ4n) is 2.66. The lowest BCUT2D eigenvalue weighted by molar-refractivity contribution is 0.0536. The van der Waals surface area contributed by atoms with Gasteiger partial charge in [-0.25, -0.2) is 0 Å². The Hall–Kier alpha value is -2.08. The number of aliphatic hydroxyl groups excluding tert-OH is 3. The van der Waals surface area contributed by atoms with Crippen molar-refractivity contribution in [3.8, 4) is 11.5 Å². The van der Waals surface area contributed by atoms with Crippen LogP contribution >= 0.6 is 0 Å². The largest absolute Gasteiger partial charge is 0.491 e. The van der Waals surface area contributed by atoms with Gasteiger partial charge >= 0.3 is 0 Å². The van der Waals surface area contributed by atoms with Gasteiger partial charge in [0.15, 0.2) is 0 Å². The molecular formula is C22H30O5. The van der Waals surface area contributed by atoms with Crippen LogP contribution in [0.2, 0.25) is 0 Å². The number of ether oxygens (including phenoxy) is 2. The Morgan fingerprint density at radius 3 is 1.56 bits per heavy atom. The van der Waals surface area contributed by atoms with Gasteiger partial charge in [0.05, 0.1) is 12.7 Å². The Morgan fingerprint density at radius 1 is 0.778 bits per heavy atom. The topological polar surface area (TPSA) is 79.2 Å². The molecule has 5 nitrogen and oxygen atoms in total. The van der Waals surface area contributed by atoms with Gasteiger partial charge in [-0.3, -0.25) is 0 Å². The summed E-state index contributed by atoms with van der Waals surface area (Å²) in [5.41, 5.74) is 2.08. The minimum Gasteiger partial charge on any atom is -0.491 e. The predicted octanol–water partition coefficient (Wildman–Crippen LogP) is 2.89. The van der Waals surface area contributed by atoms with E-state index in [-0.39, 0.29) is 18.6 Å². The number of hydrogen-bond acceptors (Lipinski definition) is 5. The quantitative estimate of drug-likeness (QED) is 0.596. The summed E-state index contributed by atoms with van der Waals surface area (Å²) in [6, 6.07) is 15.7. The Balaban J connectivity index is 2.04. The molecule has 3 N–H and O–H groups in total. The van der Waals surface area contributed by atoms with Crippen LogP contribution in [0.25, 0.3) is 0 Å². The molecule has 0 bridgehead atoms. The summed E-state index contributed by atoms with van der Waals surface area (Å²) < 4.78 is 11.1. The maximum absolute atomic E-state index is 9.60. The fourth-order valence-corrected chi connectivity index (χ4v) is 2.66. The third-order valence-electron chi connectivity index (χ3n) is 4.72. The van der Waals surface area contributed by atoms with Gasteiger partial charge in [0, 0.05) is 5.41 Å². The van der Waals surface area contributed by atoms with E-state index >= 15 is 0 Å². The van der Waals surface area contributed by atoms with Crippen LogP contribution in [0.15, 0.2) is 48.5 Å². The Bertz CT molecular complexity index is 619. The Labute approximate surface area is 161 Å². The highest BCUT2D eigenvalue weighted by molar-refractivity contribution is 5.41. The molecule has 148 valence electrons. The van der Waals surface area contributed by atoms with Crippen LogP contribution in [0.5, 0.6) is 11.5 Å². The van der Waals surface area contributed by atoms with Crippen molar-refractivity contribution in [2.24, 2.45) is 0 Å². The molecule has 5 heteroatoms. The maximum Gasteiger partial charge on any atom is 0.119 e. The Kier molecular flexibility index (Phi) is 7.66. The molecule has 27 heavy (non-hydrogen) atoms. The van der Waals surface area contributed by atoms with E-state index in [2.05, 4.69) is 13.8 Å². The molecule has 2 aromatic carbocycles. The van der Waals surface area contributed by atoms with Crippen LogP contribution in [-0.4, -0.2) is 47.3 Å². The van der Waals surface area contributed by atoms with E-state index in [1.165, 1.54) is 0 Å². The third kappa shape index (κ3) is 5.96. The zero-order valence-electron chi connectivity index (χ0n) is 16.3. The molecule has 0 fully saturated rings. The molecule has 0 aliphatic carbocycles. The van der Waals surface area contributed by atoms with Crippen molar-refractivity contribution in [3.63, 3.8) is 0 Å². The van der Waals surface area contributed by atoms with E-state index in [0.29, 0.717) is 18.8 Å². The van der Waals surface area contributed by atoms with E-state index in [0.717, 1.165) is 16.9 Å². The van der Waals surface area contributed by atoms with Gasteiger partial charge in [-0.15, -0.1) is 0 Å². The second-order valence-electron chi connectivity index (χ2n) is 7.19. The molecule has 2 unspecified atom stereocenters. The van der Waals surface area contributed by atoms with Gasteiger partial charge in [-0.2, -0.15) is 0 Å². The van der Waals surface area contributed by atoms with E-state index in [1.807, 2.05) is 55.5 Å². The number of rotatable bonds is 10. The van der Waals surface area contributed by atoms with Crippen molar-refractivity contribution in [1.82, 2.24) is 0 Å². The second kappa shape index (κ2) is 9.74. The van der Waals surface area contributed by atoms with Crippen molar-refractivity contribution in [3.05, 3.63) is 59.7 Å². The average Bonchev–Trinajstić information content (AvgIpc) is 2.70. The number of hydrogen-bond donors (Lipinski definition) is 3. The van der Waals surface area contributed by atoms with Crippen LogP contribution in [-0.2, 0) is 5.41 Å². The van der Waals surface area contributed by atoms with Crippen LogP contribution in [0, 0.1) is 0 Å². The molecule has 0 heterocycles. The summed E-state index contributed by atoms with van der Waals surface area (Å²) >= 11 is 0. The molecule has 2 atom stereocenters. The summed E-state index contributed by atoms with van der Waals surface area (Å²) in [5, 5.41) is 27.8. The molecule has 0 radical (unpaired) electrons. The zero-order chi connectivity index (χ0) is 19.9. The lowest BCUT2D eigenvalue weighted by Gasteiger charge is -2.26. The molecule has 2 rings (SSSR count). The molecule has 0 aromatic heterocycles. The summed E-state index contributed by atoms with van der Waals surface area (Å²) in [6.45, 7) is 6.26. The molecule has 2 aromatic rings. The monoisotopic (exact) mass is 374 g/mol. The first kappa shape index (κ1) is 21.2. The molecular weight excluding hydrogens is 344 g/mol. The third-order valence-corrected chi connectivity index (χ3v) is 4.72. The molecule has 0 amide bonds. The lowest BCUT2D eigenvalue weighted by atomic mass is 9.78. The number of aliphatic hydroxyl groups is 3. The molecule has 0 saturated carbocycles. The van der Waals surface area contributed by atoms with Crippen LogP contribution in [0.4, 0.5) is 0 Å². The Morgan fingerprint density at radius 2 is 1.19 bits per heavy atom. The average molecular weight is 374 g/mol. The van der Waals surface area contributed by atoms with Crippen molar-refractivity contribution in [1.29, 1.82) is 0 Å². The smallest absolute Gasteiger partial charge is 0.119 e. The normalized spacial score (nSPS) is 13.9. The molecule has 0 aliphatic heterocycles. The van der Waals surface area contributed by atoms with Gasteiger partial charge in [0.1, 0.15) is 30.8 Å². The first-order valence-corrected chi connectivity index (χ1v) is 9.30. The lowest BCUT2D eigenvalue weighted by Crippen LogP contribution is -2.21. The highest BCUT2D eigenvalue weighted by atomic mass is 16.5. The predicted molar refractivity (Wildman–Crippen MR) is 105 cm³/mol. The molecule has 0 saturated heterocycles. The van der Waals surface area contributed by atoms with E-state index < -0.39 is 12.2 Å². The summed E-state index contributed by atoms with van der Waals surface area (Å²) in [5.74, 6) is 1.40. The highest BCUT2D eigenvalue weighted by Crippen LogP contribution is 2.33. The highest BCUT2D eigenvalue weighted by Gasteiger charge is 2.23. The van der Waals surface area contributed by atoms with Crippen LogP contribution in [0.1, 0.15) is 38.3 Å². The fraction of sp³-hybridized carbons (Fsp3) is 0.455. The maximum atomic E-state index is 9.60. The minimum atomic E-state index is -0.875. The van der Waals surface area contributed by atoms with Gasteiger partial charge in [-0.05, 0) is 41.8 Å². The summed E-state index contributed by atoms with van der Waals surface area (Å²) in [4.78, 5) is 0. The van der Waals surface area contributed by atoms with Crippen molar-refractivity contribution in [2.75, 3.05) is 19.8 Å². The second-order valence-corrected chi connectivity index (χ2v) is 7.19. The van der Waals surface area contributed by atoms with Crippen LogP contribution in [0.3, 0.4) is 0 Å².